The average molecular weight is 410 g/mol. The first-order valence-electron chi connectivity index (χ1n) is 8.75. The van der Waals surface area contributed by atoms with Crippen LogP contribution in [-0.4, -0.2) is 25.8 Å². The second-order valence-corrected chi connectivity index (χ2v) is 7.11. The van der Waals surface area contributed by atoms with Crippen molar-refractivity contribution in [2.45, 2.75) is 13.5 Å². The van der Waals surface area contributed by atoms with E-state index in [2.05, 4.69) is 15.5 Å². The Morgan fingerprint density at radius 2 is 1.90 bits per heavy atom. The van der Waals surface area contributed by atoms with E-state index >= 15 is 0 Å². The van der Waals surface area contributed by atoms with Crippen LogP contribution in [0.25, 0.3) is 21.5 Å². The van der Waals surface area contributed by atoms with Gasteiger partial charge in [0.1, 0.15) is 17.1 Å². The third-order valence-corrected chi connectivity index (χ3v) is 5.31. The van der Waals surface area contributed by atoms with Crippen LogP contribution < -0.4 is 10.9 Å². The zero-order valence-electron chi connectivity index (χ0n) is 15.2. The molecule has 0 spiro atoms. The summed E-state index contributed by atoms with van der Waals surface area (Å²) in [6, 6.07) is 12.9. The molecule has 2 heterocycles. The second-order valence-electron chi connectivity index (χ2n) is 6.14. The van der Waals surface area contributed by atoms with Gasteiger partial charge in [0.2, 0.25) is 5.13 Å². The molecule has 9 heteroatoms. The first kappa shape index (κ1) is 18.8. The molecule has 146 valence electrons. The molecule has 0 radical (unpaired) electrons. The highest BCUT2D eigenvalue weighted by Gasteiger charge is 2.23. The molecule has 0 unspecified atom stereocenters. The van der Waals surface area contributed by atoms with Crippen LogP contribution in [0.2, 0.25) is 0 Å². The maximum Gasteiger partial charge on any atom is 0.267 e. The zero-order valence-corrected chi connectivity index (χ0v) is 16.0. The number of aromatic hydroxyl groups is 1. The monoisotopic (exact) mass is 410 g/mol. The summed E-state index contributed by atoms with van der Waals surface area (Å²) in [7, 11) is 0. The predicted molar refractivity (Wildman–Crippen MR) is 109 cm³/mol. The van der Waals surface area contributed by atoms with Gasteiger partial charge in [0.05, 0.1) is 5.52 Å². The number of aryl methyl sites for hydroxylation is 1. The van der Waals surface area contributed by atoms with Crippen molar-refractivity contribution in [2.75, 3.05) is 5.32 Å². The van der Waals surface area contributed by atoms with Crippen LogP contribution >= 0.6 is 11.3 Å². The SMILES string of the molecule is CCn1c(=O)c(C(=O)Nc2nnc(-c3ccccc3F)s2)c(O)c2ccccc21. The van der Waals surface area contributed by atoms with E-state index in [0.29, 0.717) is 17.4 Å². The van der Waals surface area contributed by atoms with E-state index < -0.39 is 23.0 Å². The third kappa shape index (κ3) is 3.25. The number of pyridine rings is 1. The van der Waals surface area contributed by atoms with Crippen molar-refractivity contribution in [3.05, 3.63) is 70.3 Å². The Hall–Kier alpha value is -3.59. The van der Waals surface area contributed by atoms with Gasteiger partial charge in [-0.3, -0.25) is 14.9 Å². The number of hydrogen-bond donors (Lipinski definition) is 2. The normalized spacial score (nSPS) is 11.0. The second kappa shape index (κ2) is 7.44. The van der Waals surface area contributed by atoms with Gasteiger partial charge in [-0.2, -0.15) is 0 Å². The molecule has 0 saturated carbocycles. The smallest absolute Gasteiger partial charge is 0.267 e. The molecule has 29 heavy (non-hydrogen) atoms. The summed E-state index contributed by atoms with van der Waals surface area (Å²) in [5, 5.41) is 21.5. The number of aromatic nitrogens is 3. The summed E-state index contributed by atoms with van der Waals surface area (Å²) < 4.78 is 15.3. The standard InChI is InChI=1S/C20H15FN4O3S/c1-2-25-14-10-6-4-8-12(14)16(26)15(19(25)28)17(27)22-20-24-23-18(29-20)11-7-3-5-9-13(11)21/h3-10,26H,2H2,1H3,(H,22,24,27). The number of halogens is 1. The fourth-order valence-corrected chi connectivity index (χ4v) is 3.85. The molecule has 2 aromatic heterocycles. The van der Waals surface area contributed by atoms with Gasteiger partial charge in [0, 0.05) is 17.5 Å². The molecule has 1 amide bonds. The Morgan fingerprint density at radius 3 is 2.66 bits per heavy atom. The number of nitrogens with zero attached hydrogens (tertiary/aromatic N) is 3. The van der Waals surface area contributed by atoms with Crippen molar-refractivity contribution in [2.24, 2.45) is 0 Å². The molecule has 0 aliphatic heterocycles. The maximum absolute atomic E-state index is 13.9. The minimum atomic E-state index is -0.809. The number of rotatable bonds is 4. The molecule has 2 aromatic carbocycles. The minimum absolute atomic E-state index is 0.0864. The molecule has 2 N–H and O–H groups in total. The highest BCUT2D eigenvalue weighted by Crippen LogP contribution is 2.30. The van der Waals surface area contributed by atoms with Gasteiger partial charge in [0.15, 0.2) is 5.01 Å². The number of carbonyl (C=O) groups is 1. The average Bonchev–Trinajstić information content (AvgIpc) is 3.17. The highest BCUT2D eigenvalue weighted by atomic mass is 32.1. The van der Waals surface area contributed by atoms with Gasteiger partial charge in [-0.25, -0.2) is 4.39 Å². The largest absolute Gasteiger partial charge is 0.506 e. The highest BCUT2D eigenvalue weighted by molar-refractivity contribution is 7.18. The van der Waals surface area contributed by atoms with E-state index in [-0.39, 0.29) is 21.3 Å². The van der Waals surface area contributed by atoms with Crippen molar-refractivity contribution in [3.8, 4) is 16.3 Å². The van der Waals surface area contributed by atoms with E-state index in [0.717, 1.165) is 11.3 Å². The molecule has 0 aliphatic rings. The zero-order chi connectivity index (χ0) is 20.5. The van der Waals surface area contributed by atoms with Crippen molar-refractivity contribution < 1.29 is 14.3 Å². The molecular formula is C20H15FN4O3S. The number of anilines is 1. The molecule has 0 bridgehead atoms. The number of hydrogen-bond acceptors (Lipinski definition) is 6. The Balaban J connectivity index is 1.72. The molecular weight excluding hydrogens is 395 g/mol. The summed E-state index contributed by atoms with van der Waals surface area (Å²) in [5.74, 6) is -1.66. The lowest BCUT2D eigenvalue weighted by Gasteiger charge is -2.12. The van der Waals surface area contributed by atoms with Crippen molar-refractivity contribution in [3.63, 3.8) is 0 Å². The molecule has 0 saturated heterocycles. The van der Waals surface area contributed by atoms with Crippen LogP contribution in [-0.2, 0) is 6.54 Å². The maximum atomic E-state index is 13.9. The van der Waals surface area contributed by atoms with E-state index in [9.17, 15) is 19.1 Å². The van der Waals surface area contributed by atoms with Crippen LogP contribution in [0.4, 0.5) is 9.52 Å². The number of benzene rings is 2. The molecule has 0 fully saturated rings. The quantitative estimate of drug-likeness (QED) is 0.535. The van der Waals surface area contributed by atoms with Crippen LogP contribution in [0.1, 0.15) is 17.3 Å². The Kier molecular flexibility index (Phi) is 4.81. The van der Waals surface area contributed by atoms with E-state index in [4.69, 9.17) is 0 Å². The Labute approximate surface area is 168 Å². The van der Waals surface area contributed by atoms with Crippen LogP contribution in [0.15, 0.2) is 53.3 Å². The molecule has 7 nitrogen and oxygen atoms in total. The molecule has 0 atom stereocenters. The molecule has 0 aliphatic carbocycles. The molecule has 4 aromatic rings. The van der Waals surface area contributed by atoms with Crippen molar-refractivity contribution in [1.29, 1.82) is 0 Å². The Bertz CT molecular complexity index is 1300. The summed E-state index contributed by atoms with van der Waals surface area (Å²) >= 11 is 0.964. The van der Waals surface area contributed by atoms with E-state index in [1.54, 1.807) is 49.4 Å². The number of nitrogens with one attached hydrogen (secondary N) is 1. The van der Waals surface area contributed by atoms with Gasteiger partial charge < -0.3 is 9.67 Å². The van der Waals surface area contributed by atoms with Gasteiger partial charge >= 0.3 is 0 Å². The van der Waals surface area contributed by atoms with Gasteiger partial charge in [-0.15, -0.1) is 10.2 Å². The molecule has 4 rings (SSSR count). The van der Waals surface area contributed by atoms with E-state index in [1.165, 1.54) is 10.6 Å². The lowest BCUT2D eigenvalue weighted by Crippen LogP contribution is -2.29. The third-order valence-electron chi connectivity index (χ3n) is 4.44. The summed E-state index contributed by atoms with van der Waals surface area (Å²) in [5.41, 5.74) is -0.201. The first-order valence-corrected chi connectivity index (χ1v) is 9.57. The van der Waals surface area contributed by atoms with E-state index in [1.807, 2.05) is 0 Å². The van der Waals surface area contributed by atoms with Crippen LogP contribution in [0.5, 0.6) is 5.75 Å². The summed E-state index contributed by atoms with van der Waals surface area (Å²) in [6.45, 7) is 2.11. The number of carbonyl (C=O) groups excluding carboxylic acids is 1. The van der Waals surface area contributed by atoms with Crippen molar-refractivity contribution >= 4 is 33.3 Å². The van der Waals surface area contributed by atoms with Gasteiger partial charge in [-0.05, 0) is 31.2 Å². The number of fused-ring (bicyclic) bond motifs is 1. The summed E-state index contributed by atoms with van der Waals surface area (Å²) in [6.07, 6.45) is 0. The van der Waals surface area contributed by atoms with Crippen molar-refractivity contribution in [1.82, 2.24) is 14.8 Å². The number of para-hydroxylation sites is 1. The number of amides is 1. The predicted octanol–water partition coefficient (Wildman–Crippen LogP) is 3.64. The lowest BCUT2D eigenvalue weighted by molar-refractivity contribution is 0.102. The van der Waals surface area contributed by atoms with Gasteiger partial charge in [-0.1, -0.05) is 35.6 Å². The van der Waals surface area contributed by atoms with Crippen LogP contribution in [0.3, 0.4) is 0 Å². The van der Waals surface area contributed by atoms with Gasteiger partial charge in [0.25, 0.3) is 11.5 Å². The topological polar surface area (TPSA) is 97.1 Å². The summed E-state index contributed by atoms with van der Waals surface area (Å²) in [4.78, 5) is 25.6. The first-order chi connectivity index (χ1) is 14.0. The van der Waals surface area contributed by atoms with Crippen LogP contribution in [0, 0.1) is 5.82 Å². The Morgan fingerprint density at radius 1 is 1.17 bits per heavy atom. The minimum Gasteiger partial charge on any atom is -0.506 e. The fraction of sp³-hybridized carbons (Fsp3) is 0.100. The fourth-order valence-electron chi connectivity index (χ4n) is 3.09. The lowest BCUT2D eigenvalue weighted by atomic mass is 10.1.